The molecule has 6 heteroatoms. The minimum absolute atomic E-state index is 0. The number of rotatable bonds is 10. The predicted octanol–water partition coefficient (Wildman–Crippen LogP) is 3.04. The van der Waals surface area contributed by atoms with E-state index in [1.54, 1.807) is 7.11 Å². The highest BCUT2D eigenvalue weighted by Gasteiger charge is 2.07. The molecule has 1 unspecified atom stereocenters. The first-order valence-corrected chi connectivity index (χ1v) is 7.88. The maximum Gasteiger partial charge on any atom is 0.220 e. The SMILES string of the molecule is CCCCOc1ccc(CNC(=O)CCC(C)N)cc1OC.Cl. The Morgan fingerprint density at radius 1 is 1.35 bits per heavy atom. The van der Waals surface area contributed by atoms with Gasteiger partial charge in [0, 0.05) is 19.0 Å². The van der Waals surface area contributed by atoms with Gasteiger partial charge < -0.3 is 20.5 Å². The topological polar surface area (TPSA) is 73.6 Å². The lowest BCUT2D eigenvalue weighted by atomic mass is 10.1. The average molecular weight is 345 g/mol. The van der Waals surface area contributed by atoms with Crippen molar-refractivity contribution >= 4 is 18.3 Å². The van der Waals surface area contributed by atoms with E-state index in [1.807, 2.05) is 25.1 Å². The quantitative estimate of drug-likeness (QED) is 0.640. The van der Waals surface area contributed by atoms with Crippen LogP contribution in [-0.2, 0) is 11.3 Å². The zero-order chi connectivity index (χ0) is 16.4. The van der Waals surface area contributed by atoms with Crippen molar-refractivity contribution in [3.8, 4) is 11.5 Å². The Labute approximate surface area is 145 Å². The fraction of sp³-hybridized carbons (Fsp3) is 0.588. The van der Waals surface area contributed by atoms with Crippen LogP contribution in [0, 0.1) is 0 Å². The van der Waals surface area contributed by atoms with Gasteiger partial charge in [0.1, 0.15) is 0 Å². The first-order chi connectivity index (χ1) is 10.6. The molecular weight excluding hydrogens is 316 g/mol. The normalized spacial score (nSPS) is 11.3. The number of halogens is 1. The van der Waals surface area contributed by atoms with Gasteiger partial charge in [0.2, 0.25) is 5.91 Å². The summed E-state index contributed by atoms with van der Waals surface area (Å²) in [6.07, 6.45) is 3.25. The molecule has 1 aromatic carbocycles. The van der Waals surface area contributed by atoms with E-state index in [-0.39, 0.29) is 24.4 Å². The van der Waals surface area contributed by atoms with Gasteiger partial charge in [-0.2, -0.15) is 0 Å². The molecule has 1 atom stereocenters. The van der Waals surface area contributed by atoms with E-state index >= 15 is 0 Å². The van der Waals surface area contributed by atoms with Crippen molar-refractivity contribution in [3.05, 3.63) is 23.8 Å². The van der Waals surface area contributed by atoms with Crippen molar-refractivity contribution < 1.29 is 14.3 Å². The van der Waals surface area contributed by atoms with Gasteiger partial charge in [0.15, 0.2) is 11.5 Å². The van der Waals surface area contributed by atoms with Gasteiger partial charge in [0.05, 0.1) is 13.7 Å². The van der Waals surface area contributed by atoms with Crippen LogP contribution >= 0.6 is 12.4 Å². The Kier molecular flexibility index (Phi) is 11.3. The summed E-state index contributed by atoms with van der Waals surface area (Å²) in [7, 11) is 1.62. The number of nitrogens with two attached hydrogens (primary N) is 1. The first kappa shape index (κ1) is 21.5. The molecule has 0 aromatic heterocycles. The van der Waals surface area contributed by atoms with Crippen molar-refractivity contribution in [1.82, 2.24) is 5.32 Å². The number of hydrogen-bond donors (Lipinski definition) is 2. The number of unbranched alkanes of at least 4 members (excludes halogenated alkanes) is 1. The molecule has 1 aromatic rings. The van der Waals surface area contributed by atoms with Crippen molar-refractivity contribution in [2.45, 2.75) is 52.1 Å². The monoisotopic (exact) mass is 344 g/mol. The van der Waals surface area contributed by atoms with E-state index in [0.717, 1.165) is 24.2 Å². The van der Waals surface area contributed by atoms with Crippen LogP contribution in [0.25, 0.3) is 0 Å². The first-order valence-electron chi connectivity index (χ1n) is 7.88. The molecule has 3 N–H and O–H groups in total. The second kappa shape index (κ2) is 12.0. The molecule has 0 saturated heterocycles. The van der Waals surface area contributed by atoms with Crippen LogP contribution in [0.15, 0.2) is 18.2 Å². The number of ether oxygens (including phenoxy) is 2. The molecule has 132 valence electrons. The van der Waals surface area contributed by atoms with E-state index in [1.165, 1.54) is 0 Å². The minimum Gasteiger partial charge on any atom is -0.493 e. The Morgan fingerprint density at radius 3 is 2.70 bits per heavy atom. The van der Waals surface area contributed by atoms with Gasteiger partial charge in [-0.1, -0.05) is 19.4 Å². The molecule has 0 aliphatic carbocycles. The highest BCUT2D eigenvalue weighted by molar-refractivity contribution is 5.85. The molecule has 0 aliphatic heterocycles. The minimum atomic E-state index is 0. The highest BCUT2D eigenvalue weighted by Crippen LogP contribution is 2.28. The third-order valence-corrected chi connectivity index (χ3v) is 3.30. The summed E-state index contributed by atoms with van der Waals surface area (Å²) in [5.41, 5.74) is 6.62. The van der Waals surface area contributed by atoms with Crippen molar-refractivity contribution in [2.75, 3.05) is 13.7 Å². The van der Waals surface area contributed by atoms with Crippen LogP contribution in [0.5, 0.6) is 11.5 Å². The molecular formula is C17H29ClN2O3. The lowest BCUT2D eigenvalue weighted by Crippen LogP contribution is -2.25. The third-order valence-electron chi connectivity index (χ3n) is 3.30. The molecule has 23 heavy (non-hydrogen) atoms. The molecule has 1 amide bonds. The smallest absolute Gasteiger partial charge is 0.220 e. The third kappa shape index (κ3) is 8.67. The molecule has 0 heterocycles. The molecule has 0 aliphatic rings. The Balaban J connectivity index is 0.00000484. The standard InChI is InChI=1S/C17H28N2O3.ClH/c1-4-5-10-22-15-8-7-14(11-16(15)21-3)12-19-17(20)9-6-13(2)18;/h7-8,11,13H,4-6,9-10,12,18H2,1-3H3,(H,19,20);1H. The lowest BCUT2D eigenvalue weighted by molar-refractivity contribution is -0.121. The Hall–Kier alpha value is -1.46. The molecule has 0 spiro atoms. The van der Waals surface area contributed by atoms with E-state index in [0.29, 0.717) is 31.7 Å². The number of nitrogens with one attached hydrogen (secondary N) is 1. The number of benzene rings is 1. The van der Waals surface area contributed by atoms with E-state index in [2.05, 4.69) is 12.2 Å². The number of carbonyl (C=O) groups is 1. The number of hydrogen-bond acceptors (Lipinski definition) is 4. The lowest BCUT2D eigenvalue weighted by Gasteiger charge is -2.12. The second-order valence-electron chi connectivity index (χ2n) is 5.48. The summed E-state index contributed by atoms with van der Waals surface area (Å²) in [6.45, 7) is 5.18. The summed E-state index contributed by atoms with van der Waals surface area (Å²) in [6, 6.07) is 5.77. The summed E-state index contributed by atoms with van der Waals surface area (Å²) in [5, 5.41) is 2.89. The van der Waals surface area contributed by atoms with E-state index in [9.17, 15) is 4.79 Å². The second-order valence-corrected chi connectivity index (χ2v) is 5.48. The Morgan fingerprint density at radius 2 is 2.09 bits per heavy atom. The average Bonchev–Trinajstić information content (AvgIpc) is 2.51. The Bertz CT molecular complexity index is 467. The van der Waals surface area contributed by atoms with Crippen molar-refractivity contribution in [3.63, 3.8) is 0 Å². The molecule has 0 saturated carbocycles. The van der Waals surface area contributed by atoms with Crippen molar-refractivity contribution in [2.24, 2.45) is 5.73 Å². The summed E-state index contributed by atoms with van der Waals surface area (Å²) >= 11 is 0. The van der Waals surface area contributed by atoms with Crippen LogP contribution in [0.1, 0.15) is 45.1 Å². The molecule has 0 bridgehead atoms. The van der Waals surface area contributed by atoms with Crippen molar-refractivity contribution in [1.29, 1.82) is 0 Å². The van der Waals surface area contributed by atoms with Gasteiger partial charge in [0.25, 0.3) is 0 Å². The number of methoxy groups -OCH3 is 1. The van der Waals surface area contributed by atoms with Gasteiger partial charge in [-0.3, -0.25) is 4.79 Å². The zero-order valence-electron chi connectivity index (χ0n) is 14.3. The molecule has 0 fully saturated rings. The highest BCUT2D eigenvalue weighted by atomic mass is 35.5. The number of carbonyl (C=O) groups excluding carboxylic acids is 1. The molecule has 1 rings (SSSR count). The van der Waals surface area contributed by atoms with Gasteiger partial charge >= 0.3 is 0 Å². The van der Waals surface area contributed by atoms with Crippen LogP contribution in [0.4, 0.5) is 0 Å². The van der Waals surface area contributed by atoms with Crippen LogP contribution < -0.4 is 20.5 Å². The van der Waals surface area contributed by atoms with Gasteiger partial charge in [-0.25, -0.2) is 0 Å². The fourth-order valence-electron chi connectivity index (χ4n) is 1.92. The van der Waals surface area contributed by atoms with E-state index in [4.69, 9.17) is 15.2 Å². The van der Waals surface area contributed by atoms with Gasteiger partial charge in [-0.15, -0.1) is 12.4 Å². The fourth-order valence-corrected chi connectivity index (χ4v) is 1.92. The zero-order valence-corrected chi connectivity index (χ0v) is 15.1. The van der Waals surface area contributed by atoms with Crippen LogP contribution in [0.2, 0.25) is 0 Å². The van der Waals surface area contributed by atoms with Crippen LogP contribution in [-0.4, -0.2) is 25.7 Å². The summed E-state index contributed by atoms with van der Waals surface area (Å²) in [5.74, 6) is 1.45. The maximum atomic E-state index is 11.7. The van der Waals surface area contributed by atoms with E-state index < -0.39 is 0 Å². The van der Waals surface area contributed by atoms with Crippen LogP contribution in [0.3, 0.4) is 0 Å². The summed E-state index contributed by atoms with van der Waals surface area (Å²) in [4.78, 5) is 11.7. The predicted molar refractivity (Wildman–Crippen MR) is 95.4 cm³/mol. The molecule has 0 radical (unpaired) electrons. The number of amides is 1. The molecule has 5 nitrogen and oxygen atoms in total. The summed E-state index contributed by atoms with van der Waals surface area (Å²) < 4.78 is 11.0. The maximum absolute atomic E-state index is 11.7. The van der Waals surface area contributed by atoms with Gasteiger partial charge in [-0.05, 0) is 37.5 Å². The largest absolute Gasteiger partial charge is 0.493 e.